The van der Waals surface area contributed by atoms with Gasteiger partial charge in [0.25, 0.3) is 11.5 Å². The topological polar surface area (TPSA) is 88.2 Å². The lowest BCUT2D eigenvalue weighted by atomic mass is 10.00. The van der Waals surface area contributed by atoms with Crippen molar-refractivity contribution in [1.29, 1.82) is 0 Å². The Morgan fingerprint density at radius 3 is 2.92 bits per heavy atom. The molecule has 25 heavy (non-hydrogen) atoms. The highest BCUT2D eigenvalue weighted by Gasteiger charge is 2.32. The second-order valence-electron chi connectivity index (χ2n) is 6.63. The van der Waals surface area contributed by atoms with Gasteiger partial charge < -0.3 is 14.6 Å². The Kier molecular flexibility index (Phi) is 3.99. The molecule has 0 spiro atoms. The third-order valence-corrected chi connectivity index (χ3v) is 4.85. The minimum Gasteiger partial charge on any atom is -0.481 e. The monoisotopic (exact) mass is 340 g/mol. The van der Waals surface area contributed by atoms with Crippen LogP contribution >= 0.6 is 0 Å². The average molecular weight is 340 g/mol. The number of hydrogen-bond donors (Lipinski definition) is 1. The molecule has 7 nitrogen and oxygen atoms in total. The van der Waals surface area contributed by atoms with Crippen molar-refractivity contribution in [3.05, 3.63) is 51.8 Å². The Hall–Kier alpha value is -2.70. The van der Waals surface area contributed by atoms with Crippen molar-refractivity contribution in [2.24, 2.45) is 0 Å². The van der Waals surface area contributed by atoms with E-state index in [1.165, 1.54) is 6.07 Å². The van der Waals surface area contributed by atoms with Crippen LogP contribution in [0, 0.1) is 0 Å². The van der Waals surface area contributed by atoms with Crippen LogP contribution in [0.25, 0.3) is 0 Å². The quantitative estimate of drug-likeness (QED) is 0.915. The minimum atomic E-state index is -0.259. The van der Waals surface area contributed by atoms with Gasteiger partial charge in [-0.15, -0.1) is 0 Å². The van der Waals surface area contributed by atoms with E-state index in [-0.39, 0.29) is 23.1 Å². The first-order valence-electron chi connectivity index (χ1n) is 8.55. The average Bonchev–Trinajstić information content (AvgIpc) is 3.37. The van der Waals surface area contributed by atoms with E-state index in [1.54, 1.807) is 18.2 Å². The number of carbonyl (C=O) groups excluding carboxylic acids is 1. The second kappa shape index (κ2) is 6.31. The van der Waals surface area contributed by atoms with E-state index in [4.69, 9.17) is 4.74 Å². The lowest BCUT2D eigenvalue weighted by Gasteiger charge is -2.17. The summed E-state index contributed by atoms with van der Waals surface area (Å²) in [6.07, 6.45) is 4.58. The molecule has 0 bridgehead atoms. The summed E-state index contributed by atoms with van der Waals surface area (Å²) in [5.41, 5.74) is 0.993. The van der Waals surface area contributed by atoms with Gasteiger partial charge in [0, 0.05) is 42.8 Å². The minimum absolute atomic E-state index is 0.178. The molecule has 130 valence electrons. The highest BCUT2D eigenvalue weighted by molar-refractivity contribution is 5.92. The van der Waals surface area contributed by atoms with Crippen LogP contribution in [0.5, 0.6) is 5.88 Å². The molecule has 0 aromatic carbocycles. The molecule has 3 heterocycles. The number of carbonyl (C=O) groups is 1. The molecule has 1 amide bonds. The molecular formula is C18H20N4O3. The SMILES string of the molecule is COc1ncccc1C1CCN(C(=O)c2cc(=O)[nH]c(C3CC3)n2)C1. The first-order chi connectivity index (χ1) is 12.2. The van der Waals surface area contributed by atoms with Crippen molar-refractivity contribution < 1.29 is 9.53 Å². The number of pyridine rings is 1. The number of nitrogens with one attached hydrogen (secondary N) is 1. The fourth-order valence-corrected chi connectivity index (χ4v) is 3.38. The maximum Gasteiger partial charge on any atom is 0.272 e. The summed E-state index contributed by atoms with van der Waals surface area (Å²) in [4.78, 5) is 37.8. The van der Waals surface area contributed by atoms with Gasteiger partial charge in [-0.1, -0.05) is 6.07 Å². The molecular weight excluding hydrogens is 320 g/mol. The van der Waals surface area contributed by atoms with Gasteiger partial charge in [-0.25, -0.2) is 9.97 Å². The van der Waals surface area contributed by atoms with Crippen LogP contribution in [0.3, 0.4) is 0 Å². The number of aromatic nitrogens is 3. The Morgan fingerprint density at radius 2 is 2.16 bits per heavy atom. The smallest absolute Gasteiger partial charge is 0.272 e. The van der Waals surface area contributed by atoms with Crippen LogP contribution in [0.1, 0.15) is 53.0 Å². The molecule has 2 aromatic rings. The van der Waals surface area contributed by atoms with Gasteiger partial charge in [0.1, 0.15) is 11.5 Å². The molecule has 1 saturated heterocycles. The van der Waals surface area contributed by atoms with Gasteiger partial charge in [-0.2, -0.15) is 0 Å². The summed E-state index contributed by atoms with van der Waals surface area (Å²) in [5.74, 6) is 1.54. The van der Waals surface area contributed by atoms with E-state index >= 15 is 0 Å². The van der Waals surface area contributed by atoms with Crippen molar-refractivity contribution in [3.8, 4) is 5.88 Å². The zero-order valence-electron chi connectivity index (χ0n) is 14.1. The Morgan fingerprint density at radius 1 is 1.32 bits per heavy atom. The largest absolute Gasteiger partial charge is 0.481 e. The molecule has 2 aliphatic rings. The van der Waals surface area contributed by atoms with Gasteiger partial charge in [0.15, 0.2) is 0 Å². The highest BCUT2D eigenvalue weighted by Crippen LogP contribution is 2.37. The molecule has 4 rings (SSSR count). The highest BCUT2D eigenvalue weighted by atomic mass is 16.5. The molecule has 0 radical (unpaired) electrons. The summed E-state index contributed by atoms with van der Waals surface area (Å²) in [7, 11) is 1.60. The van der Waals surface area contributed by atoms with E-state index in [2.05, 4.69) is 15.0 Å². The van der Waals surface area contributed by atoms with Crippen molar-refractivity contribution >= 4 is 5.91 Å². The van der Waals surface area contributed by atoms with E-state index in [0.29, 0.717) is 30.7 Å². The van der Waals surface area contributed by atoms with Crippen LogP contribution in [0.4, 0.5) is 0 Å². The Labute approximate surface area is 145 Å². The molecule has 1 atom stereocenters. The van der Waals surface area contributed by atoms with E-state index in [0.717, 1.165) is 24.8 Å². The zero-order chi connectivity index (χ0) is 17.4. The van der Waals surface area contributed by atoms with Crippen molar-refractivity contribution in [1.82, 2.24) is 19.9 Å². The van der Waals surface area contributed by atoms with E-state index < -0.39 is 0 Å². The van der Waals surface area contributed by atoms with Gasteiger partial charge in [-0.05, 0) is 25.3 Å². The number of likely N-dealkylation sites (tertiary alicyclic amines) is 1. The number of hydrogen-bond acceptors (Lipinski definition) is 5. The third kappa shape index (κ3) is 3.14. The predicted molar refractivity (Wildman–Crippen MR) is 90.9 cm³/mol. The normalized spacial score (nSPS) is 19.9. The molecule has 1 aliphatic heterocycles. The number of amides is 1. The number of rotatable bonds is 4. The molecule has 2 fully saturated rings. The van der Waals surface area contributed by atoms with Gasteiger partial charge in [-0.3, -0.25) is 9.59 Å². The molecule has 1 unspecified atom stereocenters. The summed E-state index contributed by atoms with van der Waals surface area (Å²) < 4.78 is 5.33. The maximum absolute atomic E-state index is 12.8. The number of H-pyrrole nitrogens is 1. The van der Waals surface area contributed by atoms with Gasteiger partial charge >= 0.3 is 0 Å². The summed E-state index contributed by atoms with van der Waals surface area (Å²) >= 11 is 0. The van der Waals surface area contributed by atoms with Gasteiger partial charge in [0.05, 0.1) is 7.11 Å². The molecule has 1 aliphatic carbocycles. The maximum atomic E-state index is 12.8. The molecule has 1 N–H and O–H groups in total. The van der Waals surface area contributed by atoms with Crippen LogP contribution in [-0.2, 0) is 0 Å². The summed E-state index contributed by atoms with van der Waals surface area (Å²) in [5, 5.41) is 0. The van der Waals surface area contributed by atoms with Crippen molar-refractivity contribution in [3.63, 3.8) is 0 Å². The predicted octanol–water partition coefficient (Wildman–Crippen LogP) is 1.68. The third-order valence-electron chi connectivity index (χ3n) is 4.85. The Balaban J connectivity index is 1.53. The summed E-state index contributed by atoms with van der Waals surface area (Å²) in [6.45, 7) is 1.21. The molecule has 1 saturated carbocycles. The van der Waals surface area contributed by atoms with E-state index in [1.807, 2.05) is 12.1 Å². The number of nitrogens with zero attached hydrogens (tertiary/aromatic N) is 3. The van der Waals surface area contributed by atoms with Crippen molar-refractivity contribution in [2.45, 2.75) is 31.1 Å². The number of aromatic amines is 1. The van der Waals surface area contributed by atoms with Crippen molar-refractivity contribution in [2.75, 3.05) is 20.2 Å². The van der Waals surface area contributed by atoms with E-state index in [9.17, 15) is 9.59 Å². The second-order valence-corrected chi connectivity index (χ2v) is 6.63. The fourth-order valence-electron chi connectivity index (χ4n) is 3.38. The van der Waals surface area contributed by atoms with Crippen LogP contribution in [0.15, 0.2) is 29.2 Å². The Bertz CT molecular complexity index is 859. The fraction of sp³-hybridized carbons (Fsp3) is 0.444. The van der Waals surface area contributed by atoms with Crippen LogP contribution in [0.2, 0.25) is 0 Å². The zero-order valence-corrected chi connectivity index (χ0v) is 14.1. The lowest BCUT2D eigenvalue weighted by molar-refractivity contribution is 0.0784. The first kappa shape index (κ1) is 15.8. The molecule has 2 aromatic heterocycles. The van der Waals surface area contributed by atoms with Crippen LogP contribution in [-0.4, -0.2) is 46.0 Å². The van der Waals surface area contributed by atoms with Crippen LogP contribution < -0.4 is 10.3 Å². The standard InChI is InChI=1S/C18H20N4O3/c1-25-17-13(3-2-7-19-17)12-6-8-22(10-12)18(24)14-9-15(23)21-16(20-14)11-4-5-11/h2-3,7,9,11-12H,4-6,8,10H2,1H3,(H,20,21,23). The number of ether oxygens (including phenoxy) is 1. The molecule has 7 heteroatoms. The number of methoxy groups -OCH3 is 1. The van der Waals surface area contributed by atoms with Gasteiger partial charge in [0.2, 0.25) is 5.88 Å². The summed E-state index contributed by atoms with van der Waals surface area (Å²) in [6, 6.07) is 5.16. The lowest BCUT2D eigenvalue weighted by Crippen LogP contribution is -2.31. The first-order valence-corrected chi connectivity index (χ1v) is 8.55.